The maximum Gasteiger partial charge on any atom is 0.321 e. The van der Waals surface area contributed by atoms with E-state index >= 15 is 0 Å². The molecule has 41 heavy (non-hydrogen) atoms. The zero-order chi connectivity index (χ0) is 30.9. The van der Waals surface area contributed by atoms with Crippen LogP contribution in [0.15, 0.2) is 24.3 Å². The molecule has 0 radical (unpaired) electrons. The van der Waals surface area contributed by atoms with Crippen LogP contribution in [0.3, 0.4) is 0 Å². The number of hydrogen-bond donors (Lipinski definition) is 4. The number of rotatable bonds is 24. The largest absolute Gasteiger partial charge is 0.459 e. The molecule has 236 valence electrons. The molecular weight excluding hydrogens is 575 g/mol. The molecule has 2 amide bonds. The Morgan fingerprint density at radius 1 is 0.683 bits per heavy atom. The number of aliphatic hydroxyl groups is 2. The van der Waals surface area contributed by atoms with Gasteiger partial charge >= 0.3 is 11.9 Å². The van der Waals surface area contributed by atoms with E-state index in [1.165, 1.54) is 0 Å². The monoisotopic (exact) mass is 622 g/mol. The van der Waals surface area contributed by atoms with E-state index in [0.29, 0.717) is 12.8 Å². The van der Waals surface area contributed by atoms with Gasteiger partial charge in [0, 0.05) is 12.8 Å². The first-order chi connectivity index (χ1) is 19.7. The number of carbonyl (C=O) groups excluding carboxylic acids is 4. The summed E-state index contributed by atoms with van der Waals surface area (Å²) in [6.45, 7) is 4.06. The Kier molecular flexibility index (Phi) is 24.2. The predicted octanol–water partition coefficient (Wildman–Crippen LogP) is 4.03. The number of amides is 2. The third kappa shape index (κ3) is 21.3. The summed E-state index contributed by atoms with van der Waals surface area (Å²) < 4.78 is 10.5. The Hall–Kier alpha value is -2.14. The molecule has 0 aliphatic heterocycles. The number of alkyl halides is 2. The van der Waals surface area contributed by atoms with Crippen molar-refractivity contribution in [1.82, 2.24) is 10.6 Å². The van der Waals surface area contributed by atoms with Crippen LogP contribution >= 0.6 is 23.2 Å². The van der Waals surface area contributed by atoms with Gasteiger partial charge in [-0.15, -0.1) is 23.2 Å². The van der Waals surface area contributed by atoms with E-state index in [2.05, 4.69) is 24.5 Å². The second-order valence-electron chi connectivity index (χ2n) is 9.65. The predicted molar refractivity (Wildman–Crippen MR) is 159 cm³/mol. The lowest BCUT2D eigenvalue weighted by atomic mass is 10.0. The molecule has 0 aliphatic carbocycles. The van der Waals surface area contributed by atoms with Crippen molar-refractivity contribution < 1.29 is 38.9 Å². The number of carbonyl (C=O) groups is 4. The SMILES string of the molecule is CCCCCC(OC(=O)CCl)C(O)CC=CCC(=O)NCNC(=O)CC=CCC(O)C(CCCCC)OC(=O)CCl. The summed E-state index contributed by atoms with van der Waals surface area (Å²) in [6, 6.07) is 0. The van der Waals surface area contributed by atoms with Gasteiger partial charge in [-0.3, -0.25) is 19.2 Å². The van der Waals surface area contributed by atoms with Crippen molar-refractivity contribution in [3.8, 4) is 0 Å². The summed E-state index contributed by atoms with van der Waals surface area (Å²) in [5.41, 5.74) is 0. The first-order valence-corrected chi connectivity index (χ1v) is 15.5. The molecule has 10 nitrogen and oxygen atoms in total. The lowest BCUT2D eigenvalue weighted by Gasteiger charge is -2.22. The Morgan fingerprint density at radius 2 is 1.07 bits per heavy atom. The van der Waals surface area contributed by atoms with Crippen molar-refractivity contribution in [2.24, 2.45) is 0 Å². The van der Waals surface area contributed by atoms with Gasteiger partial charge in [0.15, 0.2) is 0 Å². The summed E-state index contributed by atoms with van der Waals surface area (Å²) in [4.78, 5) is 47.1. The van der Waals surface area contributed by atoms with Crippen molar-refractivity contribution >= 4 is 47.0 Å². The third-order valence-corrected chi connectivity index (χ3v) is 6.53. The number of halogens is 2. The van der Waals surface area contributed by atoms with Gasteiger partial charge in [0.1, 0.15) is 24.0 Å². The number of esters is 2. The van der Waals surface area contributed by atoms with Crippen molar-refractivity contribution in [3.05, 3.63) is 24.3 Å². The first-order valence-electron chi connectivity index (χ1n) is 14.4. The molecule has 4 N–H and O–H groups in total. The molecule has 0 aliphatic rings. The van der Waals surface area contributed by atoms with Gasteiger partial charge in [0.25, 0.3) is 0 Å². The van der Waals surface area contributed by atoms with Gasteiger partial charge in [0.05, 0.1) is 18.9 Å². The molecule has 0 bridgehead atoms. The standard InChI is InChI=1S/C29H48Cl2N2O8/c1-3-5-7-15-24(40-28(38)19-30)22(34)13-9-11-17-26(36)32-21-33-27(37)18-12-10-14-23(35)25(16-8-6-4-2)41-29(39)20-31/h9-12,22-25,34-35H,3-8,13-21H2,1-2H3,(H,32,36)(H,33,37). The quantitative estimate of drug-likeness (QED) is 0.0414. The van der Waals surface area contributed by atoms with Crippen molar-refractivity contribution in [1.29, 1.82) is 0 Å². The molecule has 12 heteroatoms. The molecule has 0 saturated heterocycles. The van der Waals surface area contributed by atoms with Crippen LogP contribution in [0.1, 0.15) is 90.9 Å². The van der Waals surface area contributed by atoms with Gasteiger partial charge in [0.2, 0.25) is 11.8 Å². The molecule has 0 spiro atoms. The van der Waals surface area contributed by atoms with Crippen LogP contribution in [0.25, 0.3) is 0 Å². The number of hydrogen-bond acceptors (Lipinski definition) is 8. The van der Waals surface area contributed by atoms with E-state index < -0.39 is 36.4 Å². The van der Waals surface area contributed by atoms with E-state index in [0.717, 1.165) is 38.5 Å². The third-order valence-electron chi connectivity index (χ3n) is 6.09. The van der Waals surface area contributed by atoms with E-state index in [9.17, 15) is 29.4 Å². The van der Waals surface area contributed by atoms with Crippen molar-refractivity contribution in [2.75, 3.05) is 18.4 Å². The Balaban J connectivity index is 4.34. The summed E-state index contributed by atoms with van der Waals surface area (Å²) in [6.07, 6.45) is 10.5. The number of aliphatic hydroxyl groups excluding tert-OH is 2. The highest BCUT2D eigenvalue weighted by atomic mass is 35.5. The fraction of sp³-hybridized carbons (Fsp3) is 0.724. The van der Waals surface area contributed by atoms with Crippen LogP contribution in [-0.4, -0.2) is 76.8 Å². The molecule has 4 unspecified atom stereocenters. The minimum absolute atomic E-state index is 0.0492. The Labute approximate surface area is 254 Å². The van der Waals surface area contributed by atoms with Crippen LogP contribution in [0.4, 0.5) is 0 Å². The number of ether oxygens (including phenoxy) is 2. The maximum absolute atomic E-state index is 12.0. The summed E-state index contributed by atoms with van der Waals surface area (Å²) in [7, 11) is 0. The van der Waals surface area contributed by atoms with Crippen LogP contribution in [0, 0.1) is 0 Å². The highest BCUT2D eigenvalue weighted by Gasteiger charge is 2.23. The highest BCUT2D eigenvalue weighted by molar-refractivity contribution is 6.26. The van der Waals surface area contributed by atoms with Gasteiger partial charge in [-0.2, -0.15) is 0 Å². The fourth-order valence-corrected chi connectivity index (χ4v) is 3.92. The minimum atomic E-state index is -0.903. The first kappa shape index (κ1) is 38.9. The average molecular weight is 624 g/mol. The molecule has 4 atom stereocenters. The number of nitrogens with one attached hydrogen (secondary N) is 2. The Morgan fingerprint density at radius 3 is 1.41 bits per heavy atom. The van der Waals surface area contributed by atoms with E-state index in [-0.39, 0.29) is 55.9 Å². The van der Waals surface area contributed by atoms with E-state index in [4.69, 9.17) is 32.7 Å². The minimum Gasteiger partial charge on any atom is -0.459 e. The molecule has 0 aromatic carbocycles. The second-order valence-corrected chi connectivity index (χ2v) is 10.2. The van der Waals surface area contributed by atoms with Gasteiger partial charge < -0.3 is 30.3 Å². The fourth-order valence-electron chi connectivity index (χ4n) is 3.79. The topological polar surface area (TPSA) is 151 Å². The van der Waals surface area contributed by atoms with Crippen LogP contribution in [0.5, 0.6) is 0 Å². The molecule has 0 aromatic heterocycles. The second kappa shape index (κ2) is 25.6. The van der Waals surface area contributed by atoms with Crippen molar-refractivity contribution in [3.63, 3.8) is 0 Å². The lowest BCUT2D eigenvalue weighted by Crippen LogP contribution is -2.36. The smallest absolute Gasteiger partial charge is 0.321 e. The lowest BCUT2D eigenvalue weighted by molar-refractivity contribution is -0.153. The molecule has 0 rings (SSSR count). The summed E-state index contributed by atoms with van der Waals surface area (Å²) in [5.74, 6) is -2.36. The molecule has 0 fully saturated rings. The van der Waals surface area contributed by atoms with Crippen LogP contribution < -0.4 is 10.6 Å². The van der Waals surface area contributed by atoms with Gasteiger partial charge in [-0.25, -0.2) is 0 Å². The zero-order valence-corrected chi connectivity index (χ0v) is 25.8. The summed E-state index contributed by atoms with van der Waals surface area (Å²) in [5, 5.41) is 25.9. The van der Waals surface area contributed by atoms with E-state index in [1.54, 1.807) is 24.3 Å². The van der Waals surface area contributed by atoms with E-state index in [1.807, 2.05) is 0 Å². The molecule has 0 aromatic rings. The zero-order valence-electron chi connectivity index (χ0n) is 24.3. The molecular formula is C29H48Cl2N2O8. The van der Waals surface area contributed by atoms with Gasteiger partial charge in [-0.1, -0.05) is 63.8 Å². The average Bonchev–Trinajstić information content (AvgIpc) is 2.96. The molecule has 0 saturated carbocycles. The summed E-state index contributed by atoms with van der Waals surface area (Å²) >= 11 is 11.0. The Bertz CT molecular complexity index is 746. The van der Waals surface area contributed by atoms with Crippen LogP contribution in [-0.2, 0) is 28.7 Å². The van der Waals surface area contributed by atoms with Crippen molar-refractivity contribution in [2.45, 2.75) is 115 Å². The number of unbranched alkanes of at least 4 members (excludes halogenated alkanes) is 4. The normalized spacial score (nSPS) is 14.4. The maximum atomic E-state index is 12.0. The molecule has 0 heterocycles. The van der Waals surface area contributed by atoms with Gasteiger partial charge in [-0.05, 0) is 38.5 Å². The van der Waals surface area contributed by atoms with Crippen LogP contribution in [0.2, 0.25) is 0 Å². The highest BCUT2D eigenvalue weighted by Crippen LogP contribution is 2.16.